The van der Waals surface area contributed by atoms with Crippen LogP contribution in [-0.4, -0.2) is 54.2 Å². The third-order valence-corrected chi connectivity index (χ3v) is 8.49. The van der Waals surface area contributed by atoms with E-state index in [1.807, 2.05) is 37.8 Å². The second kappa shape index (κ2) is 11.8. The van der Waals surface area contributed by atoms with Gasteiger partial charge in [0.1, 0.15) is 5.60 Å². The fraction of sp³-hybridized carbons (Fsp3) is 0.567. The Hall–Kier alpha value is -1.75. The number of amides is 1. The van der Waals surface area contributed by atoms with Crippen molar-refractivity contribution < 1.29 is 9.53 Å². The van der Waals surface area contributed by atoms with E-state index in [0.29, 0.717) is 22.5 Å². The lowest BCUT2D eigenvalue weighted by Crippen LogP contribution is -2.50. The van der Waals surface area contributed by atoms with Crippen LogP contribution in [0.4, 0.5) is 4.79 Å². The second-order valence-corrected chi connectivity index (χ2v) is 12.4. The van der Waals surface area contributed by atoms with Gasteiger partial charge in [-0.2, -0.15) is 0 Å². The van der Waals surface area contributed by atoms with Crippen molar-refractivity contribution in [1.29, 1.82) is 0 Å². The Morgan fingerprint density at radius 2 is 1.75 bits per heavy atom. The fourth-order valence-corrected chi connectivity index (χ4v) is 6.18. The van der Waals surface area contributed by atoms with Gasteiger partial charge in [0.05, 0.1) is 10.0 Å². The smallest absolute Gasteiger partial charge is 0.410 e. The molecule has 2 fully saturated rings. The monoisotopic (exact) mass is 530 g/mol. The van der Waals surface area contributed by atoms with Crippen LogP contribution in [0.1, 0.15) is 76.3 Å². The first kappa shape index (κ1) is 27.3. The minimum atomic E-state index is -0.507. The fourth-order valence-electron chi connectivity index (χ4n) is 5.88. The van der Waals surface area contributed by atoms with Crippen molar-refractivity contribution in [3.63, 3.8) is 0 Å². The summed E-state index contributed by atoms with van der Waals surface area (Å²) in [5.74, 6) is 0.672. The molecule has 4 rings (SSSR count). The molecule has 0 aliphatic carbocycles. The number of likely N-dealkylation sites (tertiary alicyclic amines) is 2. The van der Waals surface area contributed by atoms with E-state index >= 15 is 0 Å². The lowest BCUT2D eigenvalue weighted by molar-refractivity contribution is 0.0122. The largest absolute Gasteiger partial charge is 0.444 e. The number of piperidine rings is 2. The van der Waals surface area contributed by atoms with Crippen molar-refractivity contribution in [2.75, 3.05) is 32.7 Å². The van der Waals surface area contributed by atoms with Gasteiger partial charge in [-0.05, 0) is 108 Å². The Morgan fingerprint density at radius 3 is 2.42 bits per heavy atom. The zero-order valence-electron chi connectivity index (χ0n) is 21.9. The van der Waals surface area contributed by atoms with Gasteiger partial charge in [-0.3, -0.25) is 0 Å². The van der Waals surface area contributed by atoms with E-state index in [4.69, 9.17) is 27.9 Å². The van der Waals surface area contributed by atoms with Crippen LogP contribution in [0.25, 0.3) is 0 Å². The first-order valence-electron chi connectivity index (χ1n) is 13.4. The van der Waals surface area contributed by atoms with Gasteiger partial charge < -0.3 is 14.5 Å². The van der Waals surface area contributed by atoms with E-state index in [2.05, 4.69) is 41.3 Å². The van der Waals surface area contributed by atoms with Crippen LogP contribution < -0.4 is 0 Å². The highest BCUT2D eigenvalue weighted by molar-refractivity contribution is 6.42. The molecular weight excluding hydrogens is 491 g/mol. The third kappa shape index (κ3) is 6.96. The lowest BCUT2D eigenvalue weighted by Gasteiger charge is -2.44. The molecule has 2 heterocycles. The quantitative estimate of drug-likeness (QED) is 0.380. The molecule has 4 nitrogen and oxygen atoms in total. The van der Waals surface area contributed by atoms with E-state index in [0.717, 1.165) is 51.9 Å². The third-order valence-electron chi connectivity index (χ3n) is 7.75. The Labute approximate surface area is 226 Å². The molecule has 6 heteroatoms. The summed E-state index contributed by atoms with van der Waals surface area (Å²) >= 11 is 12.7. The first-order chi connectivity index (χ1) is 17.2. The van der Waals surface area contributed by atoms with Crippen molar-refractivity contribution in [2.24, 2.45) is 0 Å². The minimum absolute atomic E-state index is 0.147. The molecule has 0 saturated carbocycles. The minimum Gasteiger partial charge on any atom is -0.444 e. The highest BCUT2D eigenvalue weighted by Crippen LogP contribution is 2.41. The molecule has 2 aromatic carbocycles. The average Bonchev–Trinajstić information content (AvgIpc) is 2.86. The number of ether oxygens (including phenoxy) is 1. The summed E-state index contributed by atoms with van der Waals surface area (Å²) in [6, 6.07) is 16.9. The van der Waals surface area contributed by atoms with E-state index in [-0.39, 0.29) is 11.5 Å². The number of halogens is 2. The molecule has 2 aliphatic heterocycles. The van der Waals surface area contributed by atoms with Gasteiger partial charge in [0.2, 0.25) is 0 Å². The summed E-state index contributed by atoms with van der Waals surface area (Å²) in [6.45, 7) is 10.5. The topological polar surface area (TPSA) is 32.8 Å². The van der Waals surface area contributed by atoms with Gasteiger partial charge in [0.25, 0.3) is 0 Å². The van der Waals surface area contributed by atoms with Crippen molar-refractivity contribution in [3.8, 4) is 0 Å². The molecule has 0 spiro atoms. The molecule has 36 heavy (non-hydrogen) atoms. The molecule has 0 aromatic heterocycles. The van der Waals surface area contributed by atoms with E-state index < -0.39 is 5.60 Å². The number of rotatable bonds is 6. The van der Waals surface area contributed by atoms with Gasteiger partial charge in [0, 0.05) is 18.5 Å². The summed E-state index contributed by atoms with van der Waals surface area (Å²) < 4.78 is 5.73. The van der Waals surface area contributed by atoms with Crippen molar-refractivity contribution in [1.82, 2.24) is 9.80 Å². The summed E-state index contributed by atoms with van der Waals surface area (Å²) in [7, 11) is 0. The molecule has 196 valence electrons. The maximum Gasteiger partial charge on any atom is 0.410 e. The summed E-state index contributed by atoms with van der Waals surface area (Å²) in [5, 5.41) is 1.14. The van der Waals surface area contributed by atoms with Gasteiger partial charge >= 0.3 is 6.09 Å². The Balaban J connectivity index is 1.42. The Bertz CT molecular complexity index is 1020. The van der Waals surface area contributed by atoms with E-state index in [1.54, 1.807) is 0 Å². The zero-order chi connectivity index (χ0) is 25.8. The highest BCUT2D eigenvalue weighted by atomic mass is 35.5. The average molecular weight is 532 g/mol. The van der Waals surface area contributed by atoms with Crippen LogP contribution in [0.2, 0.25) is 10.0 Å². The van der Waals surface area contributed by atoms with Crippen LogP contribution in [0.15, 0.2) is 48.5 Å². The van der Waals surface area contributed by atoms with E-state index in [1.165, 1.54) is 24.0 Å². The summed E-state index contributed by atoms with van der Waals surface area (Å²) in [4.78, 5) is 17.5. The van der Waals surface area contributed by atoms with Crippen LogP contribution in [0.5, 0.6) is 0 Å². The van der Waals surface area contributed by atoms with Crippen LogP contribution in [0.3, 0.4) is 0 Å². The molecule has 1 atom stereocenters. The molecule has 2 saturated heterocycles. The number of benzene rings is 2. The molecule has 2 aromatic rings. The molecule has 0 N–H and O–H groups in total. The second-order valence-electron chi connectivity index (χ2n) is 11.5. The molecule has 0 bridgehead atoms. The predicted molar refractivity (Wildman–Crippen MR) is 149 cm³/mol. The Morgan fingerprint density at radius 1 is 1.03 bits per heavy atom. The van der Waals surface area contributed by atoms with Crippen LogP contribution in [-0.2, 0) is 10.2 Å². The molecule has 1 unspecified atom stereocenters. The molecular formula is C30H40Cl2N2O2. The molecule has 0 radical (unpaired) electrons. The van der Waals surface area contributed by atoms with Gasteiger partial charge in [0.15, 0.2) is 0 Å². The molecule has 1 amide bonds. The van der Waals surface area contributed by atoms with Crippen LogP contribution in [0, 0.1) is 0 Å². The van der Waals surface area contributed by atoms with Crippen molar-refractivity contribution in [2.45, 2.75) is 76.2 Å². The number of hydrogen-bond donors (Lipinski definition) is 0. The maximum atomic E-state index is 13.0. The highest BCUT2D eigenvalue weighted by Gasteiger charge is 2.40. The number of nitrogens with zero attached hydrogens (tertiary/aromatic N) is 2. The standard InChI is InChI=1S/C30H40Cl2N2O2/c1-29(2,3)36-28(35)34-18-8-16-30(22-34,25-11-12-26(31)27(32)21-25)15-7-17-33-19-13-24(14-20-33)23-9-5-4-6-10-23/h4-6,9-12,21,24H,7-8,13-20,22H2,1-3H3. The number of carbonyl (C=O) groups is 1. The van der Waals surface area contributed by atoms with Gasteiger partial charge in [-0.15, -0.1) is 0 Å². The van der Waals surface area contributed by atoms with Crippen molar-refractivity contribution >= 4 is 29.3 Å². The SMILES string of the molecule is CC(C)(C)OC(=O)N1CCCC(CCCN2CCC(c3ccccc3)CC2)(c2ccc(Cl)c(Cl)c2)C1. The molecule has 2 aliphatic rings. The first-order valence-corrected chi connectivity index (χ1v) is 14.1. The van der Waals surface area contributed by atoms with Gasteiger partial charge in [-0.1, -0.05) is 59.6 Å². The zero-order valence-corrected chi connectivity index (χ0v) is 23.5. The predicted octanol–water partition coefficient (Wildman–Crippen LogP) is 7.92. The normalized spacial score (nSPS) is 22.0. The van der Waals surface area contributed by atoms with Crippen LogP contribution >= 0.6 is 23.2 Å². The van der Waals surface area contributed by atoms with Crippen molar-refractivity contribution in [3.05, 3.63) is 69.7 Å². The maximum absolute atomic E-state index is 13.0. The summed E-state index contributed by atoms with van der Waals surface area (Å²) in [5.41, 5.74) is 1.99. The van der Waals surface area contributed by atoms with Gasteiger partial charge in [-0.25, -0.2) is 4.79 Å². The van der Waals surface area contributed by atoms with E-state index in [9.17, 15) is 4.79 Å². The summed E-state index contributed by atoms with van der Waals surface area (Å²) in [6.07, 6.45) is 6.27. The number of carbonyl (C=O) groups excluding carboxylic acids is 1. The lowest BCUT2D eigenvalue weighted by atomic mass is 9.71. The number of hydrogen-bond acceptors (Lipinski definition) is 3. The Kier molecular flexibility index (Phi) is 8.91.